The summed E-state index contributed by atoms with van der Waals surface area (Å²) < 4.78 is 5.99. The summed E-state index contributed by atoms with van der Waals surface area (Å²) >= 11 is 0. The van der Waals surface area contributed by atoms with Gasteiger partial charge in [0.15, 0.2) is 0 Å². The van der Waals surface area contributed by atoms with Gasteiger partial charge in [-0.15, -0.1) is 0 Å². The third-order valence-corrected chi connectivity index (χ3v) is 4.06. The topological polar surface area (TPSA) is 34.1 Å². The fraction of sp³-hybridized carbons (Fsp3) is 0.471. The number of hydrogen-bond donors (Lipinski definition) is 1. The van der Waals surface area contributed by atoms with Crippen molar-refractivity contribution in [1.29, 1.82) is 0 Å². The van der Waals surface area contributed by atoms with Gasteiger partial charge in [0.2, 0.25) is 0 Å². The summed E-state index contributed by atoms with van der Waals surface area (Å²) in [5.41, 5.74) is 2.02. The fourth-order valence-electron chi connectivity index (χ4n) is 2.84. The molecule has 0 atom stereocenters. The average Bonchev–Trinajstić information content (AvgIpc) is 2.49. The minimum atomic E-state index is 0.791. The van der Waals surface area contributed by atoms with Crippen molar-refractivity contribution in [3.8, 4) is 5.75 Å². The number of ether oxygens (including phenoxy) is 1. The third-order valence-electron chi connectivity index (χ3n) is 4.06. The molecule has 106 valence electrons. The molecule has 1 N–H and O–H groups in total. The maximum atomic E-state index is 5.99. The highest BCUT2D eigenvalue weighted by Gasteiger charge is 2.13. The first-order chi connectivity index (χ1) is 9.83. The smallest absolute Gasteiger partial charge is 0.145 e. The van der Waals surface area contributed by atoms with E-state index in [0.717, 1.165) is 54.4 Å². The second-order valence-corrected chi connectivity index (χ2v) is 5.61. The average molecular weight is 270 g/mol. The molecule has 3 rings (SSSR count). The number of hydrogen-bond acceptors (Lipinski definition) is 3. The molecular formula is C17H22N2O. The second kappa shape index (κ2) is 6.23. The van der Waals surface area contributed by atoms with Crippen LogP contribution in [0.25, 0.3) is 10.9 Å². The first-order valence-corrected chi connectivity index (χ1v) is 7.53. The number of para-hydroxylation sites is 1. The zero-order chi connectivity index (χ0) is 13.8. The quantitative estimate of drug-likeness (QED) is 0.925. The minimum absolute atomic E-state index is 0.791. The molecule has 0 aliphatic carbocycles. The van der Waals surface area contributed by atoms with Crippen LogP contribution in [0.2, 0.25) is 0 Å². The minimum Gasteiger partial charge on any atom is -0.491 e. The first kappa shape index (κ1) is 13.4. The van der Waals surface area contributed by atoms with Gasteiger partial charge < -0.3 is 10.1 Å². The molecule has 0 saturated carbocycles. The van der Waals surface area contributed by atoms with E-state index in [9.17, 15) is 0 Å². The molecule has 0 radical (unpaired) electrons. The van der Waals surface area contributed by atoms with Crippen LogP contribution in [0.4, 0.5) is 0 Å². The lowest BCUT2D eigenvalue weighted by Gasteiger charge is -2.22. The molecule has 1 aliphatic heterocycles. The van der Waals surface area contributed by atoms with Crippen LogP contribution in [-0.2, 0) is 0 Å². The lowest BCUT2D eigenvalue weighted by molar-refractivity contribution is 0.253. The van der Waals surface area contributed by atoms with E-state index in [1.54, 1.807) is 0 Å². The van der Waals surface area contributed by atoms with Gasteiger partial charge in [-0.1, -0.05) is 18.2 Å². The highest BCUT2D eigenvalue weighted by Crippen LogP contribution is 2.25. The zero-order valence-corrected chi connectivity index (χ0v) is 12.1. The third kappa shape index (κ3) is 3.10. The Labute approximate surface area is 120 Å². The highest BCUT2D eigenvalue weighted by molar-refractivity contribution is 5.84. The van der Waals surface area contributed by atoms with Crippen LogP contribution in [-0.4, -0.2) is 24.7 Å². The number of aryl methyl sites for hydroxylation is 1. The van der Waals surface area contributed by atoms with Gasteiger partial charge in [0.25, 0.3) is 0 Å². The van der Waals surface area contributed by atoms with Crippen molar-refractivity contribution in [2.45, 2.75) is 26.2 Å². The molecule has 0 amide bonds. The maximum absolute atomic E-state index is 5.99. The molecule has 1 aliphatic rings. The van der Waals surface area contributed by atoms with Crippen molar-refractivity contribution in [2.24, 2.45) is 5.92 Å². The molecule has 1 saturated heterocycles. The van der Waals surface area contributed by atoms with Gasteiger partial charge in [0.05, 0.1) is 6.61 Å². The van der Waals surface area contributed by atoms with Gasteiger partial charge in [-0.2, -0.15) is 0 Å². The Kier molecular flexibility index (Phi) is 4.16. The number of rotatable bonds is 4. The van der Waals surface area contributed by atoms with E-state index in [1.807, 2.05) is 25.1 Å². The Bertz CT molecular complexity index is 576. The van der Waals surface area contributed by atoms with Crippen molar-refractivity contribution < 1.29 is 4.74 Å². The number of piperidine rings is 1. The van der Waals surface area contributed by atoms with Crippen molar-refractivity contribution in [1.82, 2.24) is 10.3 Å². The van der Waals surface area contributed by atoms with Crippen molar-refractivity contribution in [3.05, 3.63) is 36.0 Å². The first-order valence-electron chi connectivity index (χ1n) is 7.53. The van der Waals surface area contributed by atoms with Gasteiger partial charge in [0, 0.05) is 11.1 Å². The van der Waals surface area contributed by atoms with E-state index >= 15 is 0 Å². The predicted octanol–water partition coefficient (Wildman–Crippen LogP) is 3.31. The standard InChI is InChI=1S/C17H22N2O/c1-13-5-6-15-3-2-4-16(17(15)19-13)20-12-9-14-7-10-18-11-8-14/h2-6,14,18H,7-12H2,1H3. The summed E-state index contributed by atoms with van der Waals surface area (Å²) in [6.45, 7) is 5.12. The van der Waals surface area contributed by atoms with E-state index in [2.05, 4.69) is 22.4 Å². The lowest BCUT2D eigenvalue weighted by atomic mass is 9.95. The Hall–Kier alpha value is -1.61. The van der Waals surface area contributed by atoms with E-state index in [4.69, 9.17) is 4.74 Å². The van der Waals surface area contributed by atoms with E-state index < -0.39 is 0 Å². The van der Waals surface area contributed by atoms with Crippen LogP contribution in [0.3, 0.4) is 0 Å². The number of aromatic nitrogens is 1. The molecule has 1 fully saturated rings. The summed E-state index contributed by atoms with van der Waals surface area (Å²) in [5, 5.41) is 4.55. The number of nitrogens with one attached hydrogen (secondary N) is 1. The Morgan fingerprint density at radius 3 is 2.90 bits per heavy atom. The van der Waals surface area contributed by atoms with Crippen LogP contribution >= 0.6 is 0 Å². The monoisotopic (exact) mass is 270 g/mol. The summed E-state index contributed by atoms with van der Waals surface area (Å²) in [4.78, 5) is 4.61. The molecule has 2 heterocycles. The summed E-state index contributed by atoms with van der Waals surface area (Å²) in [5.74, 6) is 1.72. The van der Waals surface area contributed by atoms with Crippen molar-refractivity contribution >= 4 is 10.9 Å². The van der Waals surface area contributed by atoms with E-state index in [-0.39, 0.29) is 0 Å². The van der Waals surface area contributed by atoms with Crippen LogP contribution in [0.15, 0.2) is 30.3 Å². The molecule has 0 spiro atoms. The molecular weight excluding hydrogens is 248 g/mol. The zero-order valence-electron chi connectivity index (χ0n) is 12.1. The Morgan fingerprint density at radius 2 is 2.05 bits per heavy atom. The molecule has 0 bridgehead atoms. The normalized spacial score (nSPS) is 16.4. The number of nitrogens with zero attached hydrogens (tertiary/aromatic N) is 1. The van der Waals surface area contributed by atoms with E-state index in [0.29, 0.717) is 0 Å². The molecule has 0 unspecified atom stereocenters. The SMILES string of the molecule is Cc1ccc2cccc(OCCC3CCNCC3)c2n1. The van der Waals surface area contributed by atoms with Crippen LogP contribution in [0.5, 0.6) is 5.75 Å². The van der Waals surface area contributed by atoms with Crippen LogP contribution in [0, 0.1) is 12.8 Å². The van der Waals surface area contributed by atoms with Gasteiger partial charge >= 0.3 is 0 Å². The molecule has 3 heteroatoms. The predicted molar refractivity (Wildman–Crippen MR) is 82.2 cm³/mol. The number of pyridine rings is 1. The van der Waals surface area contributed by atoms with Gasteiger partial charge in [-0.05, 0) is 57.3 Å². The molecule has 2 aromatic rings. The molecule has 3 nitrogen and oxygen atoms in total. The maximum Gasteiger partial charge on any atom is 0.145 e. The second-order valence-electron chi connectivity index (χ2n) is 5.61. The number of benzene rings is 1. The van der Waals surface area contributed by atoms with Crippen molar-refractivity contribution in [2.75, 3.05) is 19.7 Å². The van der Waals surface area contributed by atoms with Crippen LogP contribution in [0.1, 0.15) is 25.0 Å². The van der Waals surface area contributed by atoms with E-state index in [1.165, 1.54) is 12.8 Å². The largest absolute Gasteiger partial charge is 0.491 e. The van der Waals surface area contributed by atoms with Gasteiger partial charge in [-0.3, -0.25) is 0 Å². The number of fused-ring (bicyclic) bond motifs is 1. The molecule has 1 aromatic heterocycles. The van der Waals surface area contributed by atoms with Gasteiger partial charge in [-0.25, -0.2) is 4.98 Å². The van der Waals surface area contributed by atoms with Crippen molar-refractivity contribution in [3.63, 3.8) is 0 Å². The Balaban J connectivity index is 1.66. The molecule has 1 aromatic carbocycles. The fourth-order valence-corrected chi connectivity index (χ4v) is 2.84. The Morgan fingerprint density at radius 1 is 1.20 bits per heavy atom. The highest BCUT2D eigenvalue weighted by atomic mass is 16.5. The summed E-state index contributed by atoms with van der Waals surface area (Å²) in [6, 6.07) is 10.3. The summed E-state index contributed by atoms with van der Waals surface area (Å²) in [7, 11) is 0. The van der Waals surface area contributed by atoms with Crippen LogP contribution < -0.4 is 10.1 Å². The summed E-state index contributed by atoms with van der Waals surface area (Å²) in [6.07, 6.45) is 3.69. The molecule has 20 heavy (non-hydrogen) atoms. The van der Waals surface area contributed by atoms with Gasteiger partial charge in [0.1, 0.15) is 11.3 Å². The lowest BCUT2D eigenvalue weighted by Crippen LogP contribution is -2.28.